The maximum absolute atomic E-state index is 5.83. The van der Waals surface area contributed by atoms with Gasteiger partial charge in [0.25, 0.3) is 0 Å². The molecule has 0 saturated heterocycles. The van der Waals surface area contributed by atoms with Gasteiger partial charge in [-0.2, -0.15) is 11.8 Å². The molecule has 2 nitrogen and oxygen atoms in total. The number of halogens is 1. The zero-order valence-electron chi connectivity index (χ0n) is 9.09. The molecule has 0 saturated carbocycles. The summed E-state index contributed by atoms with van der Waals surface area (Å²) in [5.74, 6) is 1.79. The molecule has 0 spiro atoms. The standard InChI is InChI=1S/C11H17ClN2S/c1-8(7-15-2)6-14-11-4-3-9(12)5-10(11)13/h3-5,8,14H,6-7,13H2,1-2H3. The second kappa shape index (κ2) is 6.13. The highest BCUT2D eigenvalue weighted by molar-refractivity contribution is 7.98. The zero-order chi connectivity index (χ0) is 11.3. The summed E-state index contributed by atoms with van der Waals surface area (Å²) in [5, 5.41) is 4.00. The molecule has 15 heavy (non-hydrogen) atoms. The molecule has 1 atom stereocenters. The Balaban J connectivity index is 2.50. The molecule has 0 fully saturated rings. The Bertz CT molecular complexity index is 317. The highest BCUT2D eigenvalue weighted by atomic mass is 35.5. The average Bonchev–Trinajstić information content (AvgIpc) is 2.17. The van der Waals surface area contributed by atoms with E-state index in [0.717, 1.165) is 18.0 Å². The van der Waals surface area contributed by atoms with E-state index >= 15 is 0 Å². The number of anilines is 2. The first-order valence-electron chi connectivity index (χ1n) is 4.91. The Kier molecular flexibility index (Phi) is 5.12. The van der Waals surface area contributed by atoms with Crippen LogP contribution < -0.4 is 11.1 Å². The third-order valence-corrected chi connectivity index (χ3v) is 3.24. The van der Waals surface area contributed by atoms with E-state index in [-0.39, 0.29) is 0 Å². The summed E-state index contributed by atoms with van der Waals surface area (Å²) in [4.78, 5) is 0. The van der Waals surface area contributed by atoms with Crippen LogP contribution in [-0.4, -0.2) is 18.6 Å². The number of hydrogen-bond acceptors (Lipinski definition) is 3. The van der Waals surface area contributed by atoms with Crippen molar-refractivity contribution < 1.29 is 0 Å². The number of thioether (sulfide) groups is 1. The van der Waals surface area contributed by atoms with E-state index < -0.39 is 0 Å². The van der Waals surface area contributed by atoms with Gasteiger partial charge in [-0.05, 0) is 36.1 Å². The minimum Gasteiger partial charge on any atom is -0.397 e. The van der Waals surface area contributed by atoms with Gasteiger partial charge < -0.3 is 11.1 Å². The van der Waals surface area contributed by atoms with Crippen LogP contribution in [0.1, 0.15) is 6.92 Å². The van der Waals surface area contributed by atoms with E-state index in [0.29, 0.717) is 16.6 Å². The molecule has 0 aliphatic heterocycles. The predicted molar refractivity (Wildman–Crippen MR) is 71.9 cm³/mol. The molecule has 1 unspecified atom stereocenters. The zero-order valence-corrected chi connectivity index (χ0v) is 10.7. The topological polar surface area (TPSA) is 38.0 Å². The Morgan fingerprint density at radius 2 is 2.27 bits per heavy atom. The fourth-order valence-electron chi connectivity index (χ4n) is 1.32. The van der Waals surface area contributed by atoms with Gasteiger partial charge >= 0.3 is 0 Å². The Morgan fingerprint density at radius 3 is 2.87 bits per heavy atom. The number of benzene rings is 1. The van der Waals surface area contributed by atoms with Crippen LogP contribution in [0.5, 0.6) is 0 Å². The quantitative estimate of drug-likeness (QED) is 0.781. The average molecular weight is 245 g/mol. The van der Waals surface area contributed by atoms with Crippen molar-refractivity contribution in [1.82, 2.24) is 0 Å². The van der Waals surface area contributed by atoms with Gasteiger partial charge in [0.1, 0.15) is 0 Å². The van der Waals surface area contributed by atoms with Crippen molar-refractivity contribution in [3.8, 4) is 0 Å². The second-order valence-electron chi connectivity index (χ2n) is 3.67. The first-order chi connectivity index (χ1) is 7.13. The van der Waals surface area contributed by atoms with Crippen LogP contribution in [-0.2, 0) is 0 Å². The minimum atomic E-state index is 0.634. The van der Waals surface area contributed by atoms with Crippen LogP contribution in [0.3, 0.4) is 0 Å². The van der Waals surface area contributed by atoms with E-state index in [1.165, 1.54) is 0 Å². The maximum atomic E-state index is 5.83. The summed E-state index contributed by atoms with van der Waals surface area (Å²) >= 11 is 7.68. The van der Waals surface area contributed by atoms with Gasteiger partial charge in [0.05, 0.1) is 11.4 Å². The van der Waals surface area contributed by atoms with Gasteiger partial charge in [-0.25, -0.2) is 0 Å². The number of nitrogens with two attached hydrogens (primary N) is 1. The van der Waals surface area contributed by atoms with Crippen molar-refractivity contribution in [1.29, 1.82) is 0 Å². The first kappa shape index (κ1) is 12.5. The van der Waals surface area contributed by atoms with Gasteiger partial charge in [-0.1, -0.05) is 18.5 Å². The lowest BCUT2D eigenvalue weighted by molar-refractivity contribution is 0.702. The van der Waals surface area contributed by atoms with Crippen molar-refractivity contribution in [3.05, 3.63) is 23.2 Å². The normalized spacial score (nSPS) is 12.5. The fourth-order valence-corrected chi connectivity index (χ4v) is 2.19. The SMILES string of the molecule is CSCC(C)CNc1ccc(Cl)cc1N. The van der Waals surface area contributed by atoms with Crippen LogP contribution in [0.2, 0.25) is 5.02 Å². The van der Waals surface area contributed by atoms with Gasteiger partial charge in [-0.15, -0.1) is 0 Å². The lowest BCUT2D eigenvalue weighted by Crippen LogP contribution is -2.14. The van der Waals surface area contributed by atoms with Crippen molar-refractivity contribution in [2.75, 3.05) is 29.6 Å². The van der Waals surface area contributed by atoms with Gasteiger partial charge in [-0.3, -0.25) is 0 Å². The summed E-state index contributed by atoms with van der Waals surface area (Å²) in [7, 11) is 0. The Hall–Kier alpha value is -0.540. The predicted octanol–water partition coefficient (Wildman–Crippen LogP) is 3.33. The monoisotopic (exact) mass is 244 g/mol. The summed E-state index contributed by atoms with van der Waals surface area (Å²) < 4.78 is 0. The molecule has 0 radical (unpaired) electrons. The smallest absolute Gasteiger partial charge is 0.0575 e. The lowest BCUT2D eigenvalue weighted by atomic mass is 10.2. The Morgan fingerprint density at radius 1 is 1.53 bits per heavy atom. The molecule has 0 aliphatic carbocycles. The second-order valence-corrected chi connectivity index (χ2v) is 5.02. The van der Waals surface area contributed by atoms with Crippen LogP contribution in [0.25, 0.3) is 0 Å². The van der Waals surface area contributed by atoms with Crippen LogP contribution in [0.4, 0.5) is 11.4 Å². The molecule has 0 heterocycles. The van der Waals surface area contributed by atoms with Gasteiger partial charge in [0.2, 0.25) is 0 Å². The number of nitrogens with one attached hydrogen (secondary N) is 1. The molecular weight excluding hydrogens is 228 g/mol. The van der Waals surface area contributed by atoms with Gasteiger partial charge in [0, 0.05) is 11.6 Å². The lowest BCUT2D eigenvalue weighted by Gasteiger charge is -2.13. The van der Waals surface area contributed by atoms with Crippen molar-refractivity contribution in [3.63, 3.8) is 0 Å². The van der Waals surface area contributed by atoms with Crippen molar-refractivity contribution in [2.24, 2.45) is 5.92 Å². The summed E-state index contributed by atoms with van der Waals surface area (Å²) in [6.07, 6.45) is 2.12. The van der Waals surface area contributed by atoms with Crippen LogP contribution in [0, 0.1) is 5.92 Å². The molecular formula is C11H17ClN2S. The van der Waals surface area contributed by atoms with Crippen molar-refractivity contribution >= 4 is 34.7 Å². The molecule has 1 rings (SSSR count). The molecule has 0 aliphatic rings. The van der Waals surface area contributed by atoms with Crippen molar-refractivity contribution in [2.45, 2.75) is 6.92 Å². The molecule has 3 N–H and O–H groups in total. The van der Waals surface area contributed by atoms with E-state index in [1.807, 2.05) is 23.9 Å². The van der Waals surface area contributed by atoms with E-state index in [1.54, 1.807) is 6.07 Å². The first-order valence-corrected chi connectivity index (χ1v) is 6.68. The highest BCUT2D eigenvalue weighted by Crippen LogP contribution is 2.22. The molecule has 0 aromatic heterocycles. The summed E-state index contributed by atoms with van der Waals surface area (Å²) in [6.45, 7) is 3.16. The number of nitrogen functional groups attached to an aromatic ring is 1. The largest absolute Gasteiger partial charge is 0.397 e. The van der Waals surface area contributed by atoms with E-state index in [4.69, 9.17) is 17.3 Å². The fraction of sp³-hybridized carbons (Fsp3) is 0.455. The highest BCUT2D eigenvalue weighted by Gasteiger charge is 2.03. The molecule has 4 heteroatoms. The Labute approximate surface area is 101 Å². The molecule has 0 amide bonds. The third kappa shape index (κ3) is 4.22. The minimum absolute atomic E-state index is 0.634. The number of hydrogen-bond donors (Lipinski definition) is 2. The van der Waals surface area contributed by atoms with E-state index in [9.17, 15) is 0 Å². The molecule has 1 aromatic rings. The van der Waals surface area contributed by atoms with Gasteiger partial charge in [0.15, 0.2) is 0 Å². The van der Waals surface area contributed by atoms with Crippen LogP contribution >= 0.6 is 23.4 Å². The number of rotatable bonds is 5. The van der Waals surface area contributed by atoms with Crippen LogP contribution in [0.15, 0.2) is 18.2 Å². The molecule has 1 aromatic carbocycles. The molecule has 84 valence electrons. The summed E-state index contributed by atoms with van der Waals surface area (Å²) in [6, 6.07) is 5.53. The van der Waals surface area contributed by atoms with E-state index in [2.05, 4.69) is 18.5 Å². The third-order valence-electron chi connectivity index (χ3n) is 2.11. The molecule has 0 bridgehead atoms. The summed E-state index contributed by atoms with van der Waals surface area (Å²) in [5.41, 5.74) is 7.50. The maximum Gasteiger partial charge on any atom is 0.0575 e.